The van der Waals surface area contributed by atoms with Crippen LogP contribution in [0, 0.1) is 0 Å². The Morgan fingerprint density at radius 1 is 0.270 bits per heavy atom. The molecule has 0 amide bonds. The smallest absolute Gasteiger partial charge is 0.306 e. The normalized spacial score (nSPS) is 12.2. The average molecular weight is 1040 g/mol. The summed E-state index contributed by atoms with van der Waals surface area (Å²) in [4.78, 5) is 38.3. The minimum absolute atomic E-state index is 0.0737. The molecule has 0 saturated heterocycles. The third-order valence-corrected chi connectivity index (χ3v) is 14.9. The van der Waals surface area contributed by atoms with Crippen LogP contribution in [0.2, 0.25) is 0 Å². The summed E-state index contributed by atoms with van der Waals surface area (Å²) in [7, 11) is 0. The Labute approximate surface area is 461 Å². The fourth-order valence-electron chi connectivity index (χ4n) is 9.88. The van der Waals surface area contributed by atoms with Crippen molar-refractivity contribution >= 4 is 17.9 Å². The van der Waals surface area contributed by atoms with Crippen LogP contribution in [0.15, 0.2) is 36.5 Å². The van der Waals surface area contributed by atoms with Crippen molar-refractivity contribution < 1.29 is 28.6 Å². The minimum atomic E-state index is -0.778. The Bertz CT molecular complexity index is 1240. The van der Waals surface area contributed by atoms with E-state index in [1.807, 2.05) is 0 Å². The molecule has 0 aliphatic heterocycles. The van der Waals surface area contributed by atoms with Crippen LogP contribution in [-0.4, -0.2) is 37.2 Å². The monoisotopic (exact) mass is 1040 g/mol. The molecule has 0 spiro atoms. The van der Waals surface area contributed by atoms with Crippen molar-refractivity contribution in [3.63, 3.8) is 0 Å². The molecule has 74 heavy (non-hydrogen) atoms. The highest BCUT2D eigenvalue weighted by Crippen LogP contribution is 2.18. The highest BCUT2D eigenvalue weighted by molar-refractivity contribution is 5.71. The van der Waals surface area contributed by atoms with Crippen LogP contribution >= 0.6 is 0 Å². The van der Waals surface area contributed by atoms with Crippen LogP contribution in [0.3, 0.4) is 0 Å². The number of ether oxygens (including phenoxy) is 3. The van der Waals surface area contributed by atoms with Gasteiger partial charge in [0.05, 0.1) is 0 Å². The second-order valence-corrected chi connectivity index (χ2v) is 22.4. The van der Waals surface area contributed by atoms with Gasteiger partial charge in [0.2, 0.25) is 0 Å². The fraction of sp³-hybridized carbons (Fsp3) is 0.868. The zero-order chi connectivity index (χ0) is 53.6. The number of hydrogen-bond acceptors (Lipinski definition) is 6. The number of hydrogen-bond donors (Lipinski definition) is 0. The zero-order valence-electron chi connectivity index (χ0n) is 49.9. The summed E-state index contributed by atoms with van der Waals surface area (Å²) in [6, 6.07) is 0. The largest absolute Gasteiger partial charge is 0.462 e. The van der Waals surface area contributed by atoms with Gasteiger partial charge in [-0.05, 0) is 77.0 Å². The summed E-state index contributed by atoms with van der Waals surface area (Å²) >= 11 is 0. The van der Waals surface area contributed by atoms with Crippen LogP contribution in [0.5, 0.6) is 0 Å². The third-order valence-electron chi connectivity index (χ3n) is 14.9. The molecule has 6 nitrogen and oxygen atoms in total. The Hall–Kier alpha value is -2.37. The molecule has 0 fully saturated rings. The highest BCUT2D eigenvalue weighted by Gasteiger charge is 2.19. The van der Waals surface area contributed by atoms with Gasteiger partial charge in [-0.1, -0.05) is 301 Å². The number of rotatable bonds is 61. The standard InChI is InChI=1S/C68H126O6/c1-4-7-10-13-16-19-22-25-28-31-33-34-35-36-38-40-43-46-49-52-55-58-61-67(70)73-64-65(63-72-66(69)60-57-54-51-48-45-42-39-30-27-24-21-18-15-12-9-6-3)74-68(71)62-59-56-53-50-47-44-41-37-32-29-26-23-20-17-14-11-8-5-2/h20,23,29-30,32,39,65H,4-19,21-22,24-28,31,33-38,40-64H2,1-3H3/b23-20-,32-29-,39-30-. The lowest BCUT2D eigenvalue weighted by Crippen LogP contribution is -2.30. The molecule has 0 aromatic rings. The molecule has 0 heterocycles. The lowest BCUT2D eigenvalue weighted by Gasteiger charge is -2.18. The second-order valence-electron chi connectivity index (χ2n) is 22.4. The van der Waals surface area contributed by atoms with Crippen LogP contribution in [0.25, 0.3) is 0 Å². The maximum absolute atomic E-state index is 12.9. The predicted octanol–water partition coefficient (Wildman–Crippen LogP) is 22.4. The van der Waals surface area contributed by atoms with Crippen molar-refractivity contribution in [3.8, 4) is 0 Å². The quantitative estimate of drug-likeness (QED) is 0.0261. The SMILES string of the molecule is CCCCCC/C=C\C/C=C\CCCCCCCCCC(=O)OC(COC(=O)CCCCCCC/C=C\CCCCCCCCC)COC(=O)CCCCCCCCCCCCCCCCCCCCCCCC. The maximum atomic E-state index is 12.9. The van der Waals surface area contributed by atoms with Gasteiger partial charge in [-0.15, -0.1) is 0 Å². The molecule has 434 valence electrons. The number of carbonyl (C=O) groups is 3. The zero-order valence-corrected chi connectivity index (χ0v) is 49.9. The van der Waals surface area contributed by atoms with Gasteiger partial charge >= 0.3 is 17.9 Å². The molecule has 0 rings (SSSR count). The van der Waals surface area contributed by atoms with Gasteiger partial charge in [-0.3, -0.25) is 14.4 Å². The molecule has 0 aliphatic carbocycles. The lowest BCUT2D eigenvalue weighted by molar-refractivity contribution is -0.167. The number of allylic oxidation sites excluding steroid dienone is 6. The summed E-state index contributed by atoms with van der Waals surface area (Å²) in [6.45, 7) is 6.67. The van der Waals surface area contributed by atoms with Crippen molar-refractivity contribution in [1.82, 2.24) is 0 Å². The van der Waals surface area contributed by atoms with E-state index in [2.05, 4.69) is 57.2 Å². The first-order chi connectivity index (χ1) is 36.5. The fourth-order valence-corrected chi connectivity index (χ4v) is 9.88. The van der Waals surface area contributed by atoms with Crippen molar-refractivity contribution in [2.75, 3.05) is 13.2 Å². The summed E-state index contributed by atoms with van der Waals surface area (Å²) in [5, 5.41) is 0. The van der Waals surface area contributed by atoms with Crippen molar-refractivity contribution in [2.45, 2.75) is 367 Å². The molecule has 0 bridgehead atoms. The summed E-state index contributed by atoms with van der Waals surface area (Å²) in [6.07, 6.45) is 77.2. The Balaban J connectivity index is 4.32. The Morgan fingerprint density at radius 2 is 0.486 bits per heavy atom. The van der Waals surface area contributed by atoms with E-state index in [9.17, 15) is 14.4 Å². The average Bonchev–Trinajstić information content (AvgIpc) is 3.40. The van der Waals surface area contributed by atoms with E-state index in [0.29, 0.717) is 19.3 Å². The van der Waals surface area contributed by atoms with E-state index in [1.165, 1.54) is 244 Å². The molecule has 1 unspecified atom stereocenters. The van der Waals surface area contributed by atoms with Gasteiger partial charge in [0.25, 0.3) is 0 Å². The van der Waals surface area contributed by atoms with Gasteiger partial charge in [0.1, 0.15) is 13.2 Å². The molecule has 6 heteroatoms. The highest BCUT2D eigenvalue weighted by atomic mass is 16.6. The number of esters is 3. The summed E-state index contributed by atoms with van der Waals surface area (Å²) < 4.78 is 17.0. The summed E-state index contributed by atoms with van der Waals surface area (Å²) in [5.41, 5.74) is 0. The van der Waals surface area contributed by atoms with Crippen LogP contribution in [-0.2, 0) is 28.6 Å². The molecule has 0 saturated carbocycles. The topological polar surface area (TPSA) is 78.9 Å². The third kappa shape index (κ3) is 60.5. The van der Waals surface area contributed by atoms with E-state index < -0.39 is 6.10 Å². The van der Waals surface area contributed by atoms with Crippen LogP contribution in [0.1, 0.15) is 361 Å². The first-order valence-corrected chi connectivity index (χ1v) is 33.0. The predicted molar refractivity (Wildman–Crippen MR) is 321 cm³/mol. The first-order valence-electron chi connectivity index (χ1n) is 33.0. The van der Waals surface area contributed by atoms with Crippen LogP contribution < -0.4 is 0 Å². The maximum Gasteiger partial charge on any atom is 0.306 e. The Kier molecular flexibility index (Phi) is 61.1. The van der Waals surface area contributed by atoms with E-state index >= 15 is 0 Å². The minimum Gasteiger partial charge on any atom is -0.462 e. The lowest BCUT2D eigenvalue weighted by atomic mass is 10.0. The van der Waals surface area contributed by atoms with Crippen molar-refractivity contribution in [2.24, 2.45) is 0 Å². The van der Waals surface area contributed by atoms with Gasteiger partial charge in [0, 0.05) is 19.3 Å². The van der Waals surface area contributed by atoms with Crippen molar-refractivity contribution in [1.29, 1.82) is 0 Å². The number of carbonyl (C=O) groups excluding carboxylic acids is 3. The van der Waals surface area contributed by atoms with E-state index in [1.54, 1.807) is 0 Å². The van der Waals surface area contributed by atoms with Crippen molar-refractivity contribution in [3.05, 3.63) is 36.5 Å². The van der Waals surface area contributed by atoms with E-state index in [-0.39, 0.29) is 31.1 Å². The second kappa shape index (κ2) is 63.2. The molecular weight excluding hydrogens is 913 g/mol. The number of unbranched alkanes of at least 4 members (excludes halogenated alkanes) is 44. The molecule has 0 radical (unpaired) electrons. The molecule has 0 aromatic heterocycles. The van der Waals surface area contributed by atoms with Gasteiger partial charge in [0.15, 0.2) is 6.10 Å². The van der Waals surface area contributed by atoms with Gasteiger partial charge in [-0.25, -0.2) is 0 Å². The molecule has 0 N–H and O–H groups in total. The molecule has 0 aromatic carbocycles. The Morgan fingerprint density at radius 3 is 0.770 bits per heavy atom. The molecule has 0 aliphatic rings. The van der Waals surface area contributed by atoms with Gasteiger partial charge < -0.3 is 14.2 Å². The van der Waals surface area contributed by atoms with E-state index in [4.69, 9.17) is 14.2 Å². The van der Waals surface area contributed by atoms with E-state index in [0.717, 1.165) is 77.0 Å². The molecular formula is C68H126O6. The van der Waals surface area contributed by atoms with Gasteiger partial charge in [-0.2, -0.15) is 0 Å². The summed E-state index contributed by atoms with van der Waals surface area (Å²) in [5.74, 6) is -0.865. The first kappa shape index (κ1) is 71.6. The molecule has 1 atom stereocenters. The van der Waals surface area contributed by atoms with Crippen LogP contribution in [0.4, 0.5) is 0 Å².